The zero-order valence-corrected chi connectivity index (χ0v) is 28.1. The maximum Gasteiger partial charge on any atom is 0.407 e. The second-order valence-corrected chi connectivity index (χ2v) is 14.0. The number of amides is 2. The smallest absolute Gasteiger partial charge is 0.407 e. The summed E-state index contributed by atoms with van der Waals surface area (Å²) in [5, 5.41) is 6.68. The summed E-state index contributed by atoms with van der Waals surface area (Å²) in [6, 6.07) is 10.6. The van der Waals surface area contributed by atoms with Gasteiger partial charge in [-0.05, 0) is 53.5 Å². The number of ether oxygens (including phenoxy) is 1. The number of nitrogens with one attached hydrogen (secondary N) is 1. The Morgan fingerprint density at radius 3 is 2.40 bits per heavy atom. The molecule has 6 rings (SSSR count). The van der Waals surface area contributed by atoms with E-state index in [0.717, 1.165) is 25.4 Å². The first-order chi connectivity index (χ1) is 23.6. The second-order valence-electron chi connectivity index (χ2n) is 13.6. The quantitative estimate of drug-likeness (QED) is 0.157. The highest BCUT2D eigenvalue weighted by Crippen LogP contribution is 2.45. The van der Waals surface area contributed by atoms with E-state index < -0.39 is 42.1 Å². The van der Waals surface area contributed by atoms with Gasteiger partial charge in [0.05, 0.1) is 29.3 Å². The third kappa shape index (κ3) is 7.18. The van der Waals surface area contributed by atoms with Crippen molar-refractivity contribution in [2.75, 3.05) is 6.61 Å². The van der Waals surface area contributed by atoms with Gasteiger partial charge in [-0.2, -0.15) is 22.7 Å². The summed E-state index contributed by atoms with van der Waals surface area (Å²) in [6.07, 6.45) is 5.91. The predicted molar refractivity (Wildman–Crippen MR) is 177 cm³/mol. The highest BCUT2D eigenvalue weighted by Gasteiger charge is 2.53. The summed E-state index contributed by atoms with van der Waals surface area (Å²) >= 11 is 6.50. The van der Waals surface area contributed by atoms with Crippen molar-refractivity contribution in [2.45, 2.75) is 70.8 Å². The Hall–Kier alpha value is -4.92. The van der Waals surface area contributed by atoms with Crippen molar-refractivity contribution in [1.29, 1.82) is 0 Å². The molecule has 264 valence electrons. The number of hydrogen-bond acceptors (Lipinski definition) is 7. The fraction of sp³-hybridized carbons (Fsp3) is 0.382. The Kier molecular flexibility index (Phi) is 9.37. The van der Waals surface area contributed by atoms with Crippen molar-refractivity contribution in [3.8, 4) is 22.4 Å². The Morgan fingerprint density at radius 2 is 1.80 bits per heavy atom. The number of imidazole rings is 1. The van der Waals surface area contributed by atoms with E-state index in [9.17, 15) is 27.2 Å². The van der Waals surface area contributed by atoms with Crippen molar-refractivity contribution >= 4 is 29.6 Å². The van der Waals surface area contributed by atoms with Gasteiger partial charge in [-0.1, -0.05) is 62.7 Å². The Bertz CT molecular complexity index is 1920. The maximum absolute atomic E-state index is 14.9. The monoisotopic (exact) mass is 714 g/mol. The fourth-order valence-corrected chi connectivity index (χ4v) is 6.26. The van der Waals surface area contributed by atoms with Crippen molar-refractivity contribution in [3.05, 3.63) is 83.5 Å². The van der Waals surface area contributed by atoms with Crippen LogP contribution in [0.15, 0.2) is 72.4 Å². The number of carbonyl (C=O) groups excluding carboxylic acids is 2. The zero-order valence-electron chi connectivity index (χ0n) is 27.4. The van der Waals surface area contributed by atoms with Gasteiger partial charge >= 0.3 is 19.2 Å². The Balaban J connectivity index is 1.39. The molecule has 1 aliphatic carbocycles. The number of rotatable bonds is 11. The van der Waals surface area contributed by atoms with Crippen LogP contribution < -0.4 is 11.1 Å². The minimum absolute atomic E-state index is 0.0141. The molecule has 3 heterocycles. The highest BCUT2D eigenvalue weighted by atomic mass is 35.5. The van der Waals surface area contributed by atoms with Crippen molar-refractivity contribution in [1.82, 2.24) is 29.5 Å². The lowest BCUT2D eigenvalue weighted by molar-refractivity contribution is -0.135. The summed E-state index contributed by atoms with van der Waals surface area (Å²) in [5.74, 6) is -0.617. The van der Waals surface area contributed by atoms with Gasteiger partial charge in [-0.15, -0.1) is 0 Å². The Labute approximate surface area is 290 Å². The number of nitrogens with zero attached hydrogens (tertiary/aromatic N) is 6. The molecule has 50 heavy (non-hydrogen) atoms. The molecule has 2 aliphatic rings. The number of guanidine groups is 1. The average Bonchev–Trinajstić information content (AvgIpc) is 3.42. The third-order valence-corrected chi connectivity index (χ3v) is 8.80. The van der Waals surface area contributed by atoms with Crippen molar-refractivity contribution in [2.24, 2.45) is 16.1 Å². The number of alkyl carbamates (subject to hydrolysis) is 1. The standard InChI is InChI=1S/C34H35ClF4N8O3/c1-33(2,3)17-34(22-7-4-19(5-8-22)21-13-42-46(14-21)30(38)39)28(48)47(31(40)44-34)27(16-50-32(49)43-23-9-10-23)20-6-11-25(35)24(12-20)26-15-45(18-41-26)29(36)37/h4-8,11-15,18,23,27,29-30H,9-10,16-17H2,1-3H3,(H2,40,44)(H,43,49)/t27?,34-/m1/s1. The third-order valence-electron chi connectivity index (χ3n) is 8.47. The van der Waals surface area contributed by atoms with Gasteiger partial charge in [0.1, 0.15) is 6.61 Å². The van der Waals surface area contributed by atoms with Crippen LogP contribution in [0.3, 0.4) is 0 Å². The van der Waals surface area contributed by atoms with Crippen LogP contribution in [0.4, 0.5) is 22.4 Å². The lowest BCUT2D eigenvalue weighted by Crippen LogP contribution is -2.47. The lowest BCUT2D eigenvalue weighted by atomic mass is 9.75. The number of benzene rings is 2. The minimum Gasteiger partial charge on any atom is -0.447 e. The van der Waals surface area contributed by atoms with Gasteiger partial charge in [0.25, 0.3) is 5.91 Å². The minimum atomic E-state index is -2.82. The molecule has 1 aliphatic heterocycles. The molecule has 3 N–H and O–H groups in total. The van der Waals surface area contributed by atoms with E-state index in [0.29, 0.717) is 37.1 Å². The van der Waals surface area contributed by atoms with Crippen LogP contribution in [0.5, 0.6) is 0 Å². The Morgan fingerprint density at radius 1 is 1.08 bits per heavy atom. The molecule has 0 spiro atoms. The highest BCUT2D eigenvalue weighted by molar-refractivity contribution is 6.33. The second kappa shape index (κ2) is 13.4. The number of aliphatic imine (C=N–C) groups is 1. The molecule has 1 saturated carbocycles. The molecule has 11 nitrogen and oxygen atoms in total. The molecule has 1 fully saturated rings. The first kappa shape index (κ1) is 34.9. The molecule has 2 atom stereocenters. The normalized spacial score (nSPS) is 18.6. The van der Waals surface area contributed by atoms with Gasteiger partial charge < -0.3 is 15.8 Å². The molecule has 16 heteroatoms. The van der Waals surface area contributed by atoms with Crippen molar-refractivity contribution < 1.29 is 31.9 Å². The number of carbonyl (C=O) groups is 2. The molecule has 4 aromatic rings. The van der Waals surface area contributed by atoms with Crippen LogP contribution in [0.2, 0.25) is 5.02 Å². The number of alkyl halides is 4. The molecule has 0 bridgehead atoms. The molecule has 0 saturated heterocycles. The molecule has 2 amide bonds. The SMILES string of the molecule is CC(C)(C)C[C@]1(c2ccc(-c3cnn(C(F)F)c3)cc2)N=C(N)N(C(COC(=O)NC2CC2)c2ccc(Cl)c(-c3cn(C(F)F)cn3)c2)C1=O. The molecule has 1 unspecified atom stereocenters. The van der Waals surface area contributed by atoms with Crippen molar-refractivity contribution in [3.63, 3.8) is 0 Å². The number of nitrogens with two attached hydrogens (primary N) is 1. The largest absolute Gasteiger partial charge is 0.447 e. The first-order valence-corrected chi connectivity index (χ1v) is 16.2. The fourth-order valence-electron chi connectivity index (χ4n) is 6.05. The van der Waals surface area contributed by atoms with Gasteiger partial charge in [-0.25, -0.2) is 19.5 Å². The molecule has 2 aromatic carbocycles. The van der Waals surface area contributed by atoms with E-state index in [1.165, 1.54) is 23.4 Å². The number of halogens is 5. The van der Waals surface area contributed by atoms with E-state index in [2.05, 4.69) is 15.4 Å². The van der Waals surface area contributed by atoms with Crippen LogP contribution in [0.1, 0.15) is 70.3 Å². The zero-order chi connectivity index (χ0) is 36.0. The van der Waals surface area contributed by atoms with E-state index in [-0.39, 0.29) is 35.7 Å². The topological polar surface area (TPSA) is 133 Å². The van der Waals surface area contributed by atoms with E-state index in [1.807, 2.05) is 20.8 Å². The van der Waals surface area contributed by atoms with Gasteiger partial charge in [0.15, 0.2) is 11.5 Å². The van der Waals surface area contributed by atoms with Crippen LogP contribution in [-0.2, 0) is 15.1 Å². The van der Waals surface area contributed by atoms with E-state index in [1.54, 1.807) is 36.4 Å². The summed E-state index contributed by atoms with van der Waals surface area (Å²) in [4.78, 5) is 37.7. The average molecular weight is 715 g/mol. The van der Waals surface area contributed by atoms with Crippen LogP contribution in [-0.4, -0.2) is 54.8 Å². The number of aromatic nitrogens is 4. The van der Waals surface area contributed by atoms with Gasteiger partial charge in [0, 0.05) is 29.6 Å². The summed E-state index contributed by atoms with van der Waals surface area (Å²) in [6.45, 7) is -0.0712. The van der Waals surface area contributed by atoms with Crippen LogP contribution in [0.25, 0.3) is 22.4 Å². The van der Waals surface area contributed by atoms with E-state index in [4.69, 9.17) is 27.1 Å². The lowest BCUT2D eigenvalue weighted by Gasteiger charge is -2.35. The first-order valence-electron chi connectivity index (χ1n) is 15.8. The molecular weight excluding hydrogens is 680 g/mol. The summed E-state index contributed by atoms with van der Waals surface area (Å²) in [5.41, 5.74) is 7.12. The van der Waals surface area contributed by atoms with Crippen LogP contribution >= 0.6 is 11.6 Å². The maximum atomic E-state index is 14.9. The van der Waals surface area contributed by atoms with Gasteiger partial charge in [0.2, 0.25) is 0 Å². The summed E-state index contributed by atoms with van der Waals surface area (Å²) < 4.78 is 59.8. The number of hydrogen-bond donors (Lipinski definition) is 2. The molecule has 2 aromatic heterocycles. The predicted octanol–water partition coefficient (Wildman–Crippen LogP) is 7.28. The van der Waals surface area contributed by atoms with E-state index >= 15 is 0 Å². The molecular formula is C34H35ClF4N8O3. The molecule has 0 radical (unpaired) electrons. The van der Waals surface area contributed by atoms with Crippen LogP contribution in [0, 0.1) is 5.41 Å². The van der Waals surface area contributed by atoms with Gasteiger partial charge in [-0.3, -0.25) is 14.3 Å². The summed E-state index contributed by atoms with van der Waals surface area (Å²) in [7, 11) is 0.